The van der Waals surface area contributed by atoms with Crippen LogP contribution >= 0.6 is 23.4 Å². The molecule has 1 fully saturated rings. The summed E-state index contributed by atoms with van der Waals surface area (Å²) in [4.78, 5) is 41.7. The summed E-state index contributed by atoms with van der Waals surface area (Å²) in [7, 11) is 0. The number of fused-ring (bicyclic) bond motifs is 2. The monoisotopic (exact) mass is 541 g/mol. The number of benzene rings is 2. The van der Waals surface area contributed by atoms with E-state index in [1.807, 2.05) is 47.9 Å². The molecule has 2 atom stereocenters. The molecule has 0 radical (unpaired) electrons. The van der Waals surface area contributed by atoms with E-state index in [1.165, 1.54) is 16.7 Å². The minimum absolute atomic E-state index is 0.0371. The number of halogens is 1. The van der Waals surface area contributed by atoms with E-state index in [0.29, 0.717) is 55.4 Å². The smallest absolute Gasteiger partial charge is 0.327 e. The highest BCUT2D eigenvalue weighted by Gasteiger charge is 2.46. The van der Waals surface area contributed by atoms with E-state index in [9.17, 15) is 14.4 Å². The molecule has 1 saturated heterocycles. The average molecular weight is 542 g/mol. The maximum atomic E-state index is 13.3. The Morgan fingerprint density at radius 1 is 1.08 bits per heavy atom. The quantitative estimate of drug-likeness (QED) is 0.438. The summed E-state index contributed by atoms with van der Waals surface area (Å²) in [5.74, 6) is 1.22. The van der Waals surface area contributed by atoms with Crippen LogP contribution in [0.3, 0.4) is 0 Å². The van der Waals surface area contributed by atoms with Crippen LogP contribution < -0.4 is 14.8 Å². The molecule has 0 aliphatic carbocycles. The van der Waals surface area contributed by atoms with Crippen LogP contribution in [-0.4, -0.2) is 52.3 Å². The summed E-state index contributed by atoms with van der Waals surface area (Å²) in [6, 6.07) is 12.5. The number of nitrogens with zero attached hydrogens (tertiary/aromatic N) is 2. The lowest BCUT2D eigenvalue weighted by Gasteiger charge is -2.41. The largest absolute Gasteiger partial charge is 0.454 e. The van der Waals surface area contributed by atoms with Gasteiger partial charge in [-0.1, -0.05) is 48.4 Å². The number of amides is 4. The summed E-state index contributed by atoms with van der Waals surface area (Å²) < 4.78 is 10.7. The van der Waals surface area contributed by atoms with E-state index in [2.05, 4.69) is 5.32 Å². The van der Waals surface area contributed by atoms with Crippen molar-refractivity contribution >= 4 is 41.2 Å². The fourth-order valence-electron chi connectivity index (χ4n) is 4.66. The van der Waals surface area contributed by atoms with Gasteiger partial charge in [0.15, 0.2) is 11.5 Å². The number of carbonyl (C=O) groups excluding carboxylic acids is 3. The van der Waals surface area contributed by atoms with Crippen molar-refractivity contribution in [1.29, 1.82) is 0 Å². The van der Waals surface area contributed by atoms with Gasteiger partial charge in [0.25, 0.3) is 0 Å². The molecule has 3 heterocycles. The highest BCUT2D eigenvalue weighted by molar-refractivity contribution is 8.03. The van der Waals surface area contributed by atoms with Crippen molar-refractivity contribution in [2.24, 2.45) is 0 Å². The highest BCUT2D eigenvalue weighted by Crippen LogP contribution is 2.36. The predicted molar refractivity (Wildman–Crippen MR) is 141 cm³/mol. The van der Waals surface area contributed by atoms with E-state index in [-0.39, 0.29) is 35.9 Å². The Hall–Kier alpha value is -3.17. The predicted octanol–water partition coefficient (Wildman–Crippen LogP) is 4.71. The molecule has 3 aliphatic heterocycles. The molecule has 0 bridgehead atoms. The third kappa shape index (κ3) is 5.72. The van der Waals surface area contributed by atoms with E-state index in [4.69, 9.17) is 21.1 Å². The Labute approximate surface area is 224 Å². The van der Waals surface area contributed by atoms with Crippen LogP contribution in [0.15, 0.2) is 53.9 Å². The van der Waals surface area contributed by atoms with Gasteiger partial charge in [-0.3, -0.25) is 14.5 Å². The molecule has 10 heteroatoms. The first-order valence-electron chi connectivity index (χ1n) is 12.3. The molecule has 1 N–H and O–H groups in total. The number of carbonyl (C=O) groups is 3. The topological polar surface area (TPSA) is 88.2 Å². The van der Waals surface area contributed by atoms with Crippen LogP contribution in [0.1, 0.15) is 36.8 Å². The molecule has 5 rings (SSSR count). The van der Waals surface area contributed by atoms with Gasteiger partial charge in [-0.2, -0.15) is 0 Å². The first kappa shape index (κ1) is 25.5. The van der Waals surface area contributed by atoms with Gasteiger partial charge in [-0.15, -0.1) is 11.8 Å². The van der Waals surface area contributed by atoms with Crippen LogP contribution in [0, 0.1) is 0 Å². The lowest BCUT2D eigenvalue weighted by molar-refractivity contribution is -0.131. The first-order valence-corrected chi connectivity index (χ1v) is 13.7. The highest BCUT2D eigenvalue weighted by atomic mass is 35.5. The SMILES string of the molecule is O=C(CCCCCN1C(=O)C2SC=CC2N(Cc2ccccc2Cl)C1=O)NCc1ccc2c(c1)OCO2. The molecule has 0 aromatic heterocycles. The normalized spacial score (nSPS) is 19.9. The maximum Gasteiger partial charge on any atom is 0.327 e. The zero-order chi connectivity index (χ0) is 25.8. The third-order valence-electron chi connectivity index (χ3n) is 6.67. The Morgan fingerprint density at radius 2 is 1.92 bits per heavy atom. The lowest BCUT2D eigenvalue weighted by atomic mass is 10.1. The van der Waals surface area contributed by atoms with Crippen molar-refractivity contribution in [2.75, 3.05) is 13.3 Å². The van der Waals surface area contributed by atoms with Gasteiger partial charge < -0.3 is 19.7 Å². The molecular weight excluding hydrogens is 514 g/mol. The molecule has 8 nitrogen and oxygen atoms in total. The Kier molecular flexibility index (Phi) is 7.90. The van der Waals surface area contributed by atoms with E-state index in [1.54, 1.807) is 11.0 Å². The van der Waals surface area contributed by atoms with Crippen molar-refractivity contribution in [2.45, 2.75) is 50.1 Å². The van der Waals surface area contributed by atoms with Gasteiger partial charge >= 0.3 is 6.03 Å². The molecular formula is C27H28ClN3O5S. The van der Waals surface area contributed by atoms with Gasteiger partial charge in [0.2, 0.25) is 18.6 Å². The summed E-state index contributed by atoms with van der Waals surface area (Å²) in [6.45, 7) is 1.31. The van der Waals surface area contributed by atoms with Gasteiger partial charge in [0.1, 0.15) is 5.25 Å². The number of unbranched alkanes of at least 4 members (excludes halogenated alkanes) is 2. The van der Waals surface area contributed by atoms with Crippen molar-refractivity contribution in [3.63, 3.8) is 0 Å². The number of ether oxygens (including phenoxy) is 2. The standard InChI is InChI=1S/C27H28ClN3O5S/c28-20-7-4-3-6-19(20)16-31-21-11-13-37-25(21)26(33)30(27(31)34)12-5-1-2-8-24(32)29-15-18-9-10-22-23(14-18)36-17-35-22/h3-4,6-7,9-11,13-14,21,25H,1-2,5,8,12,15-17H2,(H,29,32). The molecule has 2 aromatic rings. The van der Waals surface area contributed by atoms with Crippen molar-refractivity contribution in [3.05, 3.63) is 70.1 Å². The Bertz CT molecular complexity index is 1220. The zero-order valence-corrected chi connectivity index (χ0v) is 21.8. The summed E-state index contributed by atoms with van der Waals surface area (Å²) in [5.41, 5.74) is 1.79. The van der Waals surface area contributed by atoms with E-state index < -0.39 is 0 Å². The van der Waals surface area contributed by atoms with E-state index >= 15 is 0 Å². The van der Waals surface area contributed by atoms with Crippen molar-refractivity contribution in [1.82, 2.24) is 15.1 Å². The van der Waals surface area contributed by atoms with Gasteiger partial charge in [-0.05, 0) is 47.6 Å². The summed E-state index contributed by atoms with van der Waals surface area (Å²) in [5, 5.41) is 5.08. The molecule has 37 heavy (non-hydrogen) atoms. The third-order valence-corrected chi connectivity index (χ3v) is 8.12. The second-order valence-electron chi connectivity index (χ2n) is 9.14. The van der Waals surface area contributed by atoms with Gasteiger partial charge in [0, 0.05) is 31.1 Å². The average Bonchev–Trinajstić information content (AvgIpc) is 3.57. The molecule has 0 saturated carbocycles. The summed E-state index contributed by atoms with van der Waals surface area (Å²) in [6.07, 6.45) is 4.35. The number of nitrogens with one attached hydrogen (secondary N) is 1. The zero-order valence-electron chi connectivity index (χ0n) is 20.2. The second kappa shape index (κ2) is 11.5. The minimum Gasteiger partial charge on any atom is -0.454 e. The number of hydrogen-bond donors (Lipinski definition) is 1. The molecule has 3 aliphatic rings. The van der Waals surface area contributed by atoms with Crippen LogP contribution in [0.5, 0.6) is 11.5 Å². The Balaban J connectivity index is 1.08. The van der Waals surface area contributed by atoms with Crippen LogP contribution in [-0.2, 0) is 22.7 Å². The van der Waals surface area contributed by atoms with Crippen LogP contribution in [0.4, 0.5) is 4.79 Å². The van der Waals surface area contributed by atoms with Gasteiger partial charge in [0.05, 0.1) is 6.04 Å². The number of hydrogen-bond acceptors (Lipinski definition) is 6. The first-order chi connectivity index (χ1) is 18.0. The fourth-order valence-corrected chi connectivity index (χ4v) is 5.91. The Morgan fingerprint density at radius 3 is 2.78 bits per heavy atom. The summed E-state index contributed by atoms with van der Waals surface area (Å²) >= 11 is 7.79. The molecule has 0 spiro atoms. The molecule has 4 amide bonds. The second-order valence-corrected chi connectivity index (χ2v) is 10.6. The number of imide groups is 1. The van der Waals surface area contributed by atoms with Crippen LogP contribution in [0.2, 0.25) is 5.02 Å². The fraction of sp³-hybridized carbons (Fsp3) is 0.370. The van der Waals surface area contributed by atoms with E-state index in [0.717, 1.165) is 17.5 Å². The van der Waals surface area contributed by atoms with Crippen LogP contribution in [0.25, 0.3) is 0 Å². The molecule has 194 valence electrons. The van der Waals surface area contributed by atoms with Crippen molar-refractivity contribution < 1.29 is 23.9 Å². The maximum absolute atomic E-state index is 13.3. The number of rotatable bonds is 10. The molecule has 2 aromatic carbocycles. The minimum atomic E-state index is -0.331. The number of thioether (sulfide) groups is 1. The lowest BCUT2D eigenvalue weighted by Crippen LogP contribution is -2.61. The number of urea groups is 1. The van der Waals surface area contributed by atoms with Crippen molar-refractivity contribution in [3.8, 4) is 11.5 Å². The van der Waals surface area contributed by atoms with Gasteiger partial charge in [-0.25, -0.2) is 4.79 Å². The molecule has 2 unspecified atom stereocenters.